The summed E-state index contributed by atoms with van der Waals surface area (Å²) in [5, 5.41) is 1.67. The first-order valence-corrected chi connectivity index (χ1v) is 5.36. The Kier molecular flexibility index (Phi) is 5.23. The van der Waals surface area contributed by atoms with Gasteiger partial charge >= 0.3 is 6.18 Å². The summed E-state index contributed by atoms with van der Waals surface area (Å²) in [6.45, 7) is -1.39. The second-order valence-electron chi connectivity index (χ2n) is 3.60. The number of hydrogen-bond acceptors (Lipinski definition) is 3. The van der Waals surface area contributed by atoms with Gasteiger partial charge in [-0.2, -0.15) is 13.2 Å². The van der Waals surface area contributed by atoms with E-state index in [-0.39, 0.29) is 12.4 Å². The maximum absolute atomic E-state index is 11.9. The maximum Gasteiger partial charge on any atom is 0.405 e. The molecule has 1 rings (SSSR count). The molecule has 0 atom stereocenters. The number of carbonyl (C=O) groups is 1. The molecule has 0 bridgehead atoms. The van der Waals surface area contributed by atoms with Crippen LogP contribution in [0.1, 0.15) is 5.56 Å². The Hall–Kier alpha value is -2.18. The molecule has 1 aromatic carbocycles. The van der Waals surface area contributed by atoms with Gasteiger partial charge in [-0.1, -0.05) is 30.3 Å². The number of nitrogens with one attached hydrogen (secondary N) is 1. The van der Waals surface area contributed by atoms with E-state index in [4.69, 9.17) is 10.5 Å². The van der Waals surface area contributed by atoms with Crippen molar-refractivity contribution >= 4 is 5.91 Å². The fraction of sp³-hybridized carbons (Fsp3) is 0.250. The summed E-state index contributed by atoms with van der Waals surface area (Å²) in [6, 6.07) is 8.85. The smallest absolute Gasteiger partial charge is 0.405 e. The highest BCUT2D eigenvalue weighted by Crippen LogP contribution is 2.13. The first kappa shape index (κ1) is 14.9. The highest BCUT2D eigenvalue weighted by atomic mass is 19.4. The van der Waals surface area contributed by atoms with Crippen molar-refractivity contribution in [2.24, 2.45) is 5.73 Å². The molecular formula is C12H13F3N2O2. The van der Waals surface area contributed by atoms with Crippen LogP contribution in [0.2, 0.25) is 0 Å². The molecule has 0 spiro atoms. The first-order chi connectivity index (χ1) is 8.92. The monoisotopic (exact) mass is 274 g/mol. The zero-order valence-electron chi connectivity index (χ0n) is 9.91. The van der Waals surface area contributed by atoms with Crippen molar-refractivity contribution in [3.05, 3.63) is 47.9 Å². The van der Waals surface area contributed by atoms with Gasteiger partial charge in [0.15, 0.2) is 5.76 Å². The molecule has 0 aromatic heterocycles. The van der Waals surface area contributed by atoms with E-state index in [1.165, 1.54) is 0 Å². The molecule has 4 nitrogen and oxygen atoms in total. The number of benzene rings is 1. The van der Waals surface area contributed by atoms with E-state index < -0.39 is 18.6 Å². The fourth-order valence-corrected chi connectivity index (χ4v) is 1.19. The van der Waals surface area contributed by atoms with Crippen molar-refractivity contribution in [3.63, 3.8) is 0 Å². The van der Waals surface area contributed by atoms with Gasteiger partial charge in [0.2, 0.25) is 0 Å². The minimum Gasteiger partial charge on any atom is -0.482 e. The number of alkyl halides is 3. The van der Waals surface area contributed by atoms with Gasteiger partial charge in [0.25, 0.3) is 5.91 Å². The molecule has 0 saturated carbocycles. The number of halogens is 3. The van der Waals surface area contributed by atoms with Crippen LogP contribution in [0.25, 0.3) is 0 Å². The Balaban J connectivity index is 2.48. The molecular weight excluding hydrogens is 261 g/mol. The first-order valence-electron chi connectivity index (χ1n) is 5.36. The van der Waals surface area contributed by atoms with Crippen LogP contribution in [0, 0.1) is 0 Å². The number of rotatable bonds is 5. The van der Waals surface area contributed by atoms with Crippen LogP contribution in [0.15, 0.2) is 42.3 Å². The van der Waals surface area contributed by atoms with Crippen LogP contribution in [-0.4, -0.2) is 18.6 Å². The van der Waals surface area contributed by atoms with Crippen LogP contribution in [0.5, 0.6) is 0 Å². The standard InChI is InChI=1S/C12H13F3N2O2/c13-12(14,15)8-17-11(18)10(6-16)19-7-9-4-2-1-3-5-9/h1-6H,7-8,16H2,(H,17,18)/b10-6+. The average Bonchev–Trinajstić information content (AvgIpc) is 2.37. The summed E-state index contributed by atoms with van der Waals surface area (Å²) in [5.41, 5.74) is 5.92. The number of carbonyl (C=O) groups excluding carboxylic acids is 1. The van der Waals surface area contributed by atoms with Crippen LogP contribution in [0.4, 0.5) is 13.2 Å². The molecule has 0 aliphatic carbocycles. The third-order valence-electron chi connectivity index (χ3n) is 2.06. The Morgan fingerprint density at radius 1 is 1.32 bits per heavy atom. The molecule has 19 heavy (non-hydrogen) atoms. The van der Waals surface area contributed by atoms with Crippen molar-refractivity contribution in [2.45, 2.75) is 12.8 Å². The summed E-state index contributed by atoms with van der Waals surface area (Å²) < 4.78 is 40.8. The minimum atomic E-state index is -4.48. The lowest BCUT2D eigenvalue weighted by molar-refractivity contribution is -0.138. The third kappa shape index (κ3) is 5.80. The van der Waals surface area contributed by atoms with Crippen LogP contribution >= 0.6 is 0 Å². The maximum atomic E-state index is 11.9. The molecule has 0 radical (unpaired) electrons. The molecule has 0 fully saturated rings. The lowest BCUT2D eigenvalue weighted by Gasteiger charge is -2.11. The van der Waals surface area contributed by atoms with Crippen molar-refractivity contribution < 1.29 is 22.7 Å². The molecule has 104 valence electrons. The van der Waals surface area contributed by atoms with Crippen LogP contribution in [-0.2, 0) is 16.1 Å². The Morgan fingerprint density at radius 3 is 2.47 bits per heavy atom. The van der Waals surface area contributed by atoms with Crippen molar-refractivity contribution in [3.8, 4) is 0 Å². The Morgan fingerprint density at radius 2 is 1.95 bits per heavy atom. The summed E-state index contributed by atoms with van der Waals surface area (Å²) >= 11 is 0. The van der Waals surface area contributed by atoms with Gasteiger partial charge in [0.1, 0.15) is 13.2 Å². The summed E-state index contributed by atoms with van der Waals surface area (Å²) in [6.07, 6.45) is -3.65. The van der Waals surface area contributed by atoms with E-state index >= 15 is 0 Å². The van der Waals surface area contributed by atoms with Gasteiger partial charge in [-0.3, -0.25) is 4.79 Å². The molecule has 0 heterocycles. The van der Waals surface area contributed by atoms with Gasteiger partial charge in [0.05, 0.1) is 0 Å². The molecule has 0 aliphatic heterocycles. The second-order valence-corrected chi connectivity index (χ2v) is 3.60. The Bertz CT molecular complexity index is 444. The largest absolute Gasteiger partial charge is 0.482 e. The van der Waals surface area contributed by atoms with E-state index in [1.54, 1.807) is 35.6 Å². The van der Waals surface area contributed by atoms with E-state index in [0.717, 1.165) is 11.8 Å². The van der Waals surface area contributed by atoms with Crippen molar-refractivity contribution in [1.29, 1.82) is 0 Å². The fourth-order valence-electron chi connectivity index (χ4n) is 1.19. The number of nitrogens with two attached hydrogens (primary N) is 1. The zero-order valence-corrected chi connectivity index (χ0v) is 9.91. The highest BCUT2D eigenvalue weighted by Gasteiger charge is 2.28. The predicted octanol–water partition coefficient (Wildman–Crippen LogP) is 1.68. The summed E-state index contributed by atoms with van der Waals surface area (Å²) in [7, 11) is 0. The van der Waals surface area contributed by atoms with E-state index in [0.29, 0.717) is 0 Å². The van der Waals surface area contributed by atoms with Crippen LogP contribution < -0.4 is 11.1 Å². The van der Waals surface area contributed by atoms with E-state index in [9.17, 15) is 18.0 Å². The highest BCUT2D eigenvalue weighted by molar-refractivity contribution is 5.91. The second kappa shape index (κ2) is 6.67. The van der Waals surface area contributed by atoms with Crippen molar-refractivity contribution in [2.75, 3.05) is 6.54 Å². The van der Waals surface area contributed by atoms with Crippen LogP contribution in [0.3, 0.4) is 0 Å². The number of ether oxygens (including phenoxy) is 1. The average molecular weight is 274 g/mol. The predicted molar refractivity (Wildman–Crippen MR) is 62.6 cm³/mol. The molecule has 3 N–H and O–H groups in total. The third-order valence-corrected chi connectivity index (χ3v) is 2.06. The van der Waals surface area contributed by atoms with Gasteiger partial charge in [0, 0.05) is 6.20 Å². The zero-order chi connectivity index (χ0) is 14.3. The SMILES string of the molecule is N/C=C(/OCc1ccccc1)C(=O)NCC(F)(F)F. The minimum absolute atomic E-state index is 0.0450. The van der Waals surface area contributed by atoms with Gasteiger partial charge in [-0.15, -0.1) is 0 Å². The topological polar surface area (TPSA) is 64.3 Å². The summed E-state index contributed by atoms with van der Waals surface area (Å²) in [5.74, 6) is -1.36. The van der Waals surface area contributed by atoms with Gasteiger partial charge < -0.3 is 15.8 Å². The molecule has 0 unspecified atom stereocenters. The summed E-state index contributed by atoms with van der Waals surface area (Å²) in [4.78, 5) is 11.4. The van der Waals surface area contributed by atoms with Crippen molar-refractivity contribution in [1.82, 2.24) is 5.32 Å². The molecule has 0 saturated heterocycles. The lowest BCUT2D eigenvalue weighted by atomic mass is 10.2. The van der Waals surface area contributed by atoms with Gasteiger partial charge in [-0.05, 0) is 5.56 Å². The van der Waals surface area contributed by atoms with E-state index in [1.807, 2.05) is 0 Å². The van der Waals surface area contributed by atoms with E-state index in [2.05, 4.69) is 0 Å². The van der Waals surface area contributed by atoms with Gasteiger partial charge in [-0.25, -0.2) is 0 Å². The molecule has 1 aromatic rings. The number of amides is 1. The normalized spacial score (nSPS) is 12.1. The quantitative estimate of drug-likeness (QED) is 0.634. The lowest BCUT2D eigenvalue weighted by Crippen LogP contribution is -2.35. The molecule has 0 aliphatic rings. The molecule has 1 amide bonds. The Labute approximate surface area is 108 Å². The number of hydrogen-bond donors (Lipinski definition) is 2. The molecule has 7 heteroatoms.